The Labute approximate surface area is 254 Å². The maximum absolute atomic E-state index is 3.63. The molecule has 0 saturated heterocycles. The van der Waals surface area contributed by atoms with E-state index in [4.69, 9.17) is 0 Å². The monoisotopic (exact) mass is 550 g/mol. The lowest BCUT2D eigenvalue weighted by atomic mass is 9.88. The van der Waals surface area contributed by atoms with Crippen molar-refractivity contribution in [3.63, 3.8) is 0 Å². The average molecular weight is 551 g/mol. The van der Waals surface area contributed by atoms with Crippen LogP contribution in [0.5, 0.6) is 0 Å². The van der Waals surface area contributed by atoms with Gasteiger partial charge in [0.05, 0.1) is 0 Å². The smallest absolute Gasteiger partial charge is 0.0222 e. The third-order valence-corrected chi connectivity index (χ3v) is 7.86. The Balaban J connectivity index is 0.000000168. The van der Waals surface area contributed by atoms with Gasteiger partial charge in [-0.05, 0) is 84.8 Å². The molecule has 0 aliphatic heterocycles. The first-order chi connectivity index (χ1) is 20.8. The van der Waals surface area contributed by atoms with Gasteiger partial charge in [-0.15, -0.1) is 0 Å². The van der Waals surface area contributed by atoms with E-state index in [1.165, 1.54) is 92.0 Å². The molecule has 0 heterocycles. The highest BCUT2D eigenvalue weighted by molar-refractivity contribution is 5.73. The Morgan fingerprint density at radius 2 is 0.905 bits per heavy atom. The molecule has 214 valence electrons. The molecular weight excluding hydrogens is 504 g/mol. The molecule has 2 aliphatic carbocycles. The molecule has 0 spiro atoms. The van der Waals surface area contributed by atoms with Gasteiger partial charge in [0, 0.05) is 0 Å². The van der Waals surface area contributed by atoms with Crippen LogP contribution in [0.15, 0.2) is 145 Å². The average Bonchev–Trinajstić information content (AvgIpc) is 3.56. The van der Waals surface area contributed by atoms with Gasteiger partial charge < -0.3 is 0 Å². The second-order valence-corrected chi connectivity index (χ2v) is 11.1. The van der Waals surface area contributed by atoms with E-state index in [1.54, 1.807) is 11.1 Å². The third kappa shape index (κ3) is 11.0. The fraction of sp³-hybridized carbons (Fsp3) is 0.238. The second-order valence-electron chi connectivity index (χ2n) is 11.1. The predicted molar refractivity (Wildman–Crippen MR) is 186 cm³/mol. The summed E-state index contributed by atoms with van der Waals surface area (Å²) < 4.78 is 0. The van der Waals surface area contributed by atoms with Gasteiger partial charge >= 0.3 is 0 Å². The van der Waals surface area contributed by atoms with Crippen molar-refractivity contribution in [1.82, 2.24) is 0 Å². The fourth-order valence-corrected chi connectivity index (χ4v) is 5.54. The Morgan fingerprint density at radius 3 is 1.45 bits per heavy atom. The minimum atomic E-state index is 1.17. The van der Waals surface area contributed by atoms with Gasteiger partial charge in [-0.2, -0.15) is 0 Å². The van der Waals surface area contributed by atoms with Crippen LogP contribution < -0.4 is 0 Å². The molecule has 6 rings (SSSR count). The van der Waals surface area contributed by atoms with Gasteiger partial charge in [-0.1, -0.05) is 171 Å². The summed E-state index contributed by atoms with van der Waals surface area (Å²) in [4.78, 5) is 0. The number of allylic oxidation sites excluding steroid dienone is 4. The van der Waals surface area contributed by atoms with E-state index in [0.29, 0.717) is 0 Å². The van der Waals surface area contributed by atoms with Crippen LogP contribution >= 0.6 is 0 Å². The van der Waals surface area contributed by atoms with E-state index in [-0.39, 0.29) is 0 Å². The van der Waals surface area contributed by atoms with E-state index >= 15 is 0 Å². The van der Waals surface area contributed by atoms with E-state index in [2.05, 4.69) is 116 Å². The molecular formula is C42H46. The summed E-state index contributed by atoms with van der Waals surface area (Å²) in [5, 5.41) is 0. The first kappa shape index (κ1) is 30.8. The van der Waals surface area contributed by atoms with Crippen molar-refractivity contribution in [3.05, 3.63) is 167 Å². The highest BCUT2D eigenvalue weighted by Crippen LogP contribution is 2.31. The minimum Gasteiger partial charge on any atom is -0.0985 e. The molecule has 4 aromatic carbocycles. The molecule has 0 heteroatoms. The zero-order valence-electron chi connectivity index (χ0n) is 25.1. The maximum atomic E-state index is 3.63. The summed E-state index contributed by atoms with van der Waals surface area (Å²) in [6, 6.07) is 42.2. The standard InChI is InChI=1S/C22H24.C12H14.C8H8/c1-2-10-16-22(20-13-8-4-9-14-20)21(15-7-1)18-17-19-11-5-3-6-12-19;1-2-6-11(7-3-1)10-12-8-4-5-9-12;1-2-8-6-4-3-5-7-8/h3-6,8-9,11-14,17-18H,1-2,7,10,15-16H2;1-3,6-7,10H,4-5,8-9H2;2-7H,1H2/b18-17?,22-21-;;. The lowest BCUT2D eigenvalue weighted by Crippen LogP contribution is -1.96. The summed E-state index contributed by atoms with van der Waals surface area (Å²) >= 11 is 0. The zero-order valence-corrected chi connectivity index (χ0v) is 25.1. The fourth-order valence-electron chi connectivity index (χ4n) is 5.54. The Bertz CT molecular complexity index is 1380. The highest BCUT2D eigenvalue weighted by Gasteiger charge is 2.10. The van der Waals surface area contributed by atoms with E-state index in [1.807, 2.05) is 36.4 Å². The predicted octanol–water partition coefficient (Wildman–Crippen LogP) is 12.5. The van der Waals surface area contributed by atoms with Crippen LogP contribution in [0.3, 0.4) is 0 Å². The normalized spacial score (nSPS) is 16.7. The topological polar surface area (TPSA) is 0 Å². The molecule has 4 aromatic rings. The summed E-state index contributed by atoms with van der Waals surface area (Å²) in [6.45, 7) is 3.63. The quantitative estimate of drug-likeness (QED) is 0.232. The number of rotatable bonds is 5. The van der Waals surface area contributed by atoms with Crippen LogP contribution in [0.1, 0.15) is 86.5 Å². The molecule has 1 saturated carbocycles. The van der Waals surface area contributed by atoms with Crippen molar-refractivity contribution in [1.29, 1.82) is 0 Å². The van der Waals surface area contributed by atoms with Crippen LogP contribution in [-0.2, 0) is 0 Å². The summed E-state index contributed by atoms with van der Waals surface area (Å²) in [6.07, 6.45) is 22.0. The van der Waals surface area contributed by atoms with Crippen molar-refractivity contribution >= 4 is 23.8 Å². The van der Waals surface area contributed by atoms with Crippen LogP contribution in [0.2, 0.25) is 0 Å². The van der Waals surface area contributed by atoms with Crippen LogP contribution in [0.4, 0.5) is 0 Å². The van der Waals surface area contributed by atoms with Crippen LogP contribution in [-0.4, -0.2) is 0 Å². The molecule has 0 unspecified atom stereocenters. The number of benzene rings is 4. The van der Waals surface area contributed by atoms with Crippen molar-refractivity contribution in [2.45, 2.75) is 64.2 Å². The summed E-state index contributed by atoms with van der Waals surface area (Å²) in [5.41, 5.74) is 9.91. The van der Waals surface area contributed by atoms with Gasteiger partial charge in [0.1, 0.15) is 0 Å². The molecule has 0 amide bonds. The molecule has 1 fully saturated rings. The molecule has 42 heavy (non-hydrogen) atoms. The first-order valence-electron chi connectivity index (χ1n) is 15.7. The Hall–Kier alpha value is -4.16. The molecule has 0 nitrogen and oxygen atoms in total. The molecule has 0 bridgehead atoms. The number of hydrogen-bond donors (Lipinski definition) is 0. The highest BCUT2D eigenvalue weighted by atomic mass is 14.2. The first-order valence-corrected chi connectivity index (χ1v) is 15.7. The molecule has 0 atom stereocenters. The SMILES string of the molecule is C(=C1CCCC1)c1ccccc1.C(=Cc1ccccc1)/C1=C(\c2ccccc2)CCCCCC1.C=Cc1ccccc1. The molecule has 0 N–H and O–H groups in total. The van der Waals surface area contributed by atoms with Gasteiger partial charge in [0.2, 0.25) is 0 Å². The van der Waals surface area contributed by atoms with Crippen LogP contribution in [0.25, 0.3) is 23.8 Å². The zero-order chi connectivity index (χ0) is 29.1. The lowest BCUT2D eigenvalue weighted by Gasteiger charge is -2.17. The number of hydrogen-bond acceptors (Lipinski definition) is 0. The molecule has 0 aromatic heterocycles. The van der Waals surface area contributed by atoms with Gasteiger partial charge in [-0.3, -0.25) is 0 Å². The van der Waals surface area contributed by atoms with Crippen molar-refractivity contribution in [3.8, 4) is 0 Å². The third-order valence-electron chi connectivity index (χ3n) is 7.86. The lowest BCUT2D eigenvalue weighted by molar-refractivity contribution is 0.636. The molecule has 2 aliphatic rings. The van der Waals surface area contributed by atoms with E-state index in [0.717, 1.165) is 0 Å². The maximum Gasteiger partial charge on any atom is -0.0222 e. The Morgan fingerprint density at radius 1 is 0.429 bits per heavy atom. The second kappa shape index (κ2) is 18.3. The van der Waals surface area contributed by atoms with Gasteiger partial charge in [-0.25, -0.2) is 0 Å². The Kier molecular flexibility index (Phi) is 13.4. The van der Waals surface area contributed by atoms with Crippen molar-refractivity contribution in [2.75, 3.05) is 0 Å². The minimum absolute atomic E-state index is 1.17. The van der Waals surface area contributed by atoms with Crippen molar-refractivity contribution in [2.24, 2.45) is 0 Å². The van der Waals surface area contributed by atoms with E-state index in [9.17, 15) is 0 Å². The largest absolute Gasteiger partial charge is 0.0985 e. The van der Waals surface area contributed by atoms with Gasteiger partial charge in [0.15, 0.2) is 0 Å². The summed E-state index contributed by atoms with van der Waals surface area (Å²) in [7, 11) is 0. The summed E-state index contributed by atoms with van der Waals surface area (Å²) in [5.74, 6) is 0. The van der Waals surface area contributed by atoms with E-state index < -0.39 is 0 Å². The molecule has 0 radical (unpaired) electrons. The van der Waals surface area contributed by atoms with Crippen LogP contribution in [0, 0.1) is 0 Å². The van der Waals surface area contributed by atoms with Crippen molar-refractivity contribution < 1.29 is 0 Å². The van der Waals surface area contributed by atoms with Gasteiger partial charge in [0.25, 0.3) is 0 Å².